The quantitative estimate of drug-likeness (QED) is 0.0239. The molecule has 0 aromatic carbocycles. The fourth-order valence-corrected chi connectivity index (χ4v) is 7.54. The highest BCUT2D eigenvalue weighted by Gasteiger charge is 2.23. The van der Waals surface area contributed by atoms with Crippen molar-refractivity contribution in [2.24, 2.45) is 0 Å². The normalized spacial score (nSPS) is 13.6. The van der Waals surface area contributed by atoms with Gasteiger partial charge in [0, 0.05) is 19.4 Å². The molecule has 0 aromatic rings. The summed E-state index contributed by atoms with van der Waals surface area (Å²) in [6, 6.07) is 0. The summed E-state index contributed by atoms with van der Waals surface area (Å²) in [5.74, 6) is -0.568. The number of aliphatic hydroxyl groups is 1. The maximum Gasteiger partial charge on any atom is 0.472 e. The number of nitrogens with one attached hydrogen (secondary N) is 1. The fraction of sp³-hybridized carbons (Fsp3) is 0.800. The van der Waals surface area contributed by atoms with E-state index >= 15 is 0 Å². The second-order valence-corrected chi connectivity index (χ2v) is 17.9. The second-order valence-electron chi connectivity index (χ2n) is 16.4. The number of unbranched alkanes of at least 4 members (excludes halogenated alkanes) is 25. The molecule has 10 heteroatoms. The first-order chi connectivity index (χ1) is 29.3. The number of allylic oxidation sites excluding steroid dienone is 8. The highest BCUT2D eigenvalue weighted by molar-refractivity contribution is 7.47. The van der Waals surface area contributed by atoms with Gasteiger partial charge in [-0.15, -0.1) is 0 Å². The maximum atomic E-state index is 12.1. The monoisotopic (exact) mass is 866 g/mol. The molecular formula is C50H92NO8P. The van der Waals surface area contributed by atoms with Gasteiger partial charge in [0.05, 0.1) is 13.2 Å². The number of phosphoric acid groups is 1. The Hall–Kier alpha value is -2.03. The highest BCUT2D eigenvalue weighted by Crippen LogP contribution is 2.42. The van der Waals surface area contributed by atoms with E-state index in [1.54, 1.807) is 0 Å². The smallest absolute Gasteiger partial charge is 0.463 e. The number of carbonyl (C=O) groups is 2. The lowest BCUT2D eigenvalue weighted by atomic mass is 10.0. The molecule has 0 aliphatic carbocycles. The van der Waals surface area contributed by atoms with Gasteiger partial charge in [0.2, 0.25) is 5.91 Å². The molecule has 3 N–H and O–H groups in total. The number of hydrogen-bond donors (Lipinski definition) is 3. The van der Waals surface area contributed by atoms with Crippen LogP contribution in [-0.4, -0.2) is 54.3 Å². The Morgan fingerprint density at radius 1 is 0.517 bits per heavy atom. The predicted octanol–water partition coefficient (Wildman–Crippen LogP) is 14.3. The van der Waals surface area contributed by atoms with Crippen LogP contribution < -0.4 is 5.32 Å². The molecule has 0 heterocycles. The minimum atomic E-state index is -4.43. The number of phosphoric ester groups is 1. The fourth-order valence-electron chi connectivity index (χ4n) is 6.79. The van der Waals surface area contributed by atoms with Gasteiger partial charge >= 0.3 is 13.8 Å². The van der Waals surface area contributed by atoms with E-state index in [0.717, 1.165) is 44.9 Å². The van der Waals surface area contributed by atoms with Crippen LogP contribution in [0.4, 0.5) is 0 Å². The molecule has 9 nitrogen and oxygen atoms in total. The van der Waals surface area contributed by atoms with Crippen molar-refractivity contribution in [3.8, 4) is 0 Å². The van der Waals surface area contributed by atoms with Gasteiger partial charge in [0.25, 0.3) is 0 Å². The zero-order valence-electron chi connectivity index (χ0n) is 38.7. The summed E-state index contributed by atoms with van der Waals surface area (Å²) in [6.07, 6.45) is 54.9. The minimum absolute atomic E-state index is 0.0767. The van der Waals surface area contributed by atoms with Crippen LogP contribution in [0.15, 0.2) is 48.6 Å². The Morgan fingerprint density at radius 2 is 0.917 bits per heavy atom. The molecule has 0 saturated carbocycles. The van der Waals surface area contributed by atoms with Crippen LogP contribution in [0.5, 0.6) is 0 Å². The molecule has 2 atom stereocenters. The van der Waals surface area contributed by atoms with Gasteiger partial charge in [-0.1, -0.05) is 210 Å². The van der Waals surface area contributed by atoms with E-state index < -0.39 is 26.5 Å². The summed E-state index contributed by atoms with van der Waals surface area (Å²) in [5, 5.41) is 12.7. The SMILES string of the molecule is CCCCC/C=C\C/C=C\C/C=C\C/C=C\CCCC(=O)OCC(O)COP(=O)(O)OCCNC(=O)CCCCCCCCCCCCCCCCCCCCCCCC. The lowest BCUT2D eigenvalue weighted by molar-refractivity contribution is -0.147. The average Bonchev–Trinajstić information content (AvgIpc) is 3.23. The molecule has 350 valence electrons. The third-order valence-electron chi connectivity index (χ3n) is 10.5. The molecule has 0 bridgehead atoms. The Bertz CT molecular complexity index is 1120. The van der Waals surface area contributed by atoms with Gasteiger partial charge in [-0.3, -0.25) is 18.6 Å². The molecule has 0 saturated heterocycles. The van der Waals surface area contributed by atoms with E-state index in [-0.39, 0.29) is 32.1 Å². The summed E-state index contributed by atoms with van der Waals surface area (Å²) in [5.41, 5.74) is 0. The molecule has 60 heavy (non-hydrogen) atoms. The van der Waals surface area contributed by atoms with E-state index in [2.05, 4.69) is 61.7 Å². The molecule has 0 spiro atoms. The van der Waals surface area contributed by atoms with Crippen molar-refractivity contribution in [1.82, 2.24) is 5.32 Å². The van der Waals surface area contributed by atoms with E-state index in [1.807, 2.05) is 6.08 Å². The van der Waals surface area contributed by atoms with Crippen LogP contribution in [0.25, 0.3) is 0 Å². The first kappa shape index (κ1) is 58.0. The van der Waals surface area contributed by atoms with E-state index in [1.165, 1.54) is 148 Å². The van der Waals surface area contributed by atoms with Gasteiger partial charge in [0.1, 0.15) is 12.7 Å². The summed E-state index contributed by atoms with van der Waals surface area (Å²) in [6.45, 7) is 3.49. The van der Waals surface area contributed by atoms with E-state index in [4.69, 9.17) is 13.8 Å². The van der Waals surface area contributed by atoms with Crippen molar-refractivity contribution >= 4 is 19.7 Å². The second kappa shape index (κ2) is 46.5. The topological polar surface area (TPSA) is 131 Å². The number of hydrogen-bond acceptors (Lipinski definition) is 7. The first-order valence-corrected chi connectivity index (χ1v) is 26.1. The number of amides is 1. The number of ether oxygens (including phenoxy) is 1. The summed E-state index contributed by atoms with van der Waals surface area (Å²) >= 11 is 0. The van der Waals surface area contributed by atoms with Crippen molar-refractivity contribution in [3.05, 3.63) is 48.6 Å². The standard InChI is InChI=1S/C50H92NO8P/c1-3-5-7-9-11-13-15-17-19-21-22-23-24-25-27-28-30-32-34-36-38-40-42-49(53)51-44-45-58-60(55,56)59-47-48(52)46-57-50(54)43-41-39-37-35-33-31-29-26-20-18-16-14-12-10-8-6-4-2/h12,14,18,20,29,31,35,37,48,52H,3-11,13,15-17,19,21-28,30,32-34,36,38-47H2,1-2H3,(H,51,53)(H,55,56)/b14-12-,20-18-,31-29-,37-35-. The van der Waals surface area contributed by atoms with Crippen molar-refractivity contribution in [3.63, 3.8) is 0 Å². The molecule has 1 amide bonds. The molecule has 0 radical (unpaired) electrons. The van der Waals surface area contributed by atoms with Crippen molar-refractivity contribution in [1.29, 1.82) is 0 Å². The Kier molecular flexibility index (Phi) is 44.9. The summed E-state index contributed by atoms with van der Waals surface area (Å²) < 4.78 is 26.9. The van der Waals surface area contributed by atoms with Gasteiger partial charge in [0.15, 0.2) is 0 Å². The molecular weight excluding hydrogens is 774 g/mol. The number of aliphatic hydroxyl groups excluding tert-OH is 1. The zero-order valence-corrected chi connectivity index (χ0v) is 39.5. The number of carbonyl (C=O) groups excluding carboxylic acids is 2. The molecule has 0 aliphatic rings. The van der Waals surface area contributed by atoms with E-state index in [0.29, 0.717) is 12.8 Å². The predicted molar refractivity (Wildman–Crippen MR) is 252 cm³/mol. The number of rotatable bonds is 46. The largest absolute Gasteiger partial charge is 0.472 e. The Balaban J connectivity index is 3.60. The third-order valence-corrected chi connectivity index (χ3v) is 11.5. The maximum absolute atomic E-state index is 12.1. The summed E-state index contributed by atoms with van der Waals surface area (Å²) in [4.78, 5) is 34.0. The molecule has 2 unspecified atom stereocenters. The van der Waals surface area contributed by atoms with Crippen molar-refractivity contribution in [2.75, 3.05) is 26.4 Å². The molecule has 0 aliphatic heterocycles. The van der Waals surface area contributed by atoms with E-state index in [9.17, 15) is 24.2 Å². The Morgan fingerprint density at radius 3 is 1.38 bits per heavy atom. The molecule has 0 fully saturated rings. The van der Waals surface area contributed by atoms with Crippen LogP contribution in [-0.2, 0) is 27.9 Å². The average molecular weight is 866 g/mol. The van der Waals surface area contributed by atoms with Crippen LogP contribution in [0, 0.1) is 0 Å². The van der Waals surface area contributed by atoms with Crippen LogP contribution in [0.2, 0.25) is 0 Å². The van der Waals surface area contributed by atoms with Crippen LogP contribution in [0.1, 0.15) is 226 Å². The van der Waals surface area contributed by atoms with Gasteiger partial charge in [-0.25, -0.2) is 4.57 Å². The van der Waals surface area contributed by atoms with Crippen LogP contribution in [0.3, 0.4) is 0 Å². The molecule has 0 aromatic heterocycles. The first-order valence-electron chi connectivity index (χ1n) is 24.6. The van der Waals surface area contributed by atoms with Crippen molar-refractivity contribution in [2.45, 2.75) is 232 Å². The van der Waals surface area contributed by atoms with Gasteiger partial charge < -0.3 is 20.1 Å². The highest BCUT2D eigenvalue weighted by atomic mass is 31.2. The van der Waals surface area contributed by atoms with Crippen molar-refractivity contribution < 1.29 is 37.9 Å². The third kappa shape index (κ3) is 47.0. The lowest BCUT2D eigenvalue weighted by Gasteiger charge is -2.15. The minimum Gasteiger partial charge on any atom is -0.463 e. The van der Waals surface area contributed by atoms with Gasteiger partial charge in [-0.2, -0.15) is 0 Å². The van der Waals surface area contributed by atoms with Crippen LogP contribution >= 0.6 is 7.82 Å². The Labute approximate surface area is 368 Å². The molecule has 0 rings (SSSR count). The number of esters is 1. The summed E-state index contributed by atoms with van der Waals surface area (Å²) in [7, 11) is -4.43. The lowest BCUT2D eigenvalue weighted by Crippen LogP contribution is -2.27. The van der Waals surface area contributed by atoms with Gasteiger partial charge in [-0.05, 0) is 51.4 Å². The zero-order chi connectivity index (χ0) is 43.9.